The van der Waals surface area contributed by atoms with Crippen LogP contribution in [0, 0.1) is 6.92 Å². The quantitative estimate of drug-likeness (QED) is 0.578. The molecule has 1 aliphatic heterocycles. The van der Waals surface area contributed by atoms with Crippen LogP contribution in [0.15, 0.2) is 30.5 Å². The number of piperazine rings is 1. The summed E-state index contributed by atoms with van der Waals surface area (Å²) in [6, 6.07) is 3.84. The van der Waals surface area contributed by atoms with Gasteiger partial charge in [-0.3, -0.25) is 14.8 Å². The van der Waals surface area contributed by atoms with Crippen LogP contribution in [0.5, 0.6) is 5.75 Å². The molecule has 1 aliphatic rings. The second kappa shape index (κ2) is 9.41. The monoisotopic (exact) mass is 491 g/mol. The van der Waals surface area contributed by atoms with E-state index in [1.165, 1.54) is 18.3 Å². The van der Waals surface area contributed by atoms with Crippen molar-refractivity contribution in [2.75, 3.05) is 43.4 Å². The Morgan fingerprint density at radius 2 is 1.83 bits per heavy atom. The second-order valence-corrected chi connectivity index (χ2v) is 8.20. The number of amides is 3. The number of nitrogens with zero attached hydrogens (tertiary/aromatic N) is 5. The summed E-state index contributed by atoms with van der Waals surface area (Å²) in [7, 11) is 3.78. The van der Waals surface area contributed by atoms with Crippen LogP contribution in [0.25, 0.3) is 11.0 Å². The smallest absolute Gasteiger partial charge is 0.406 e. The minimum atomic E-state index is -4.87. The first-order valence-corrected chi connectivity index (χ1v) is 10.8. The van der Waals surface area contributed by atoms with E-state index in [0.717, 1.165) is 30.6 Å². The largest absolute Gasteiger partial charge is 0.573 e. The van der Waals surface area contributed by atoms with Crippen molar-refractivity contribution in [1.29, 1.82) is 0 Å². The van der Waals surface area contributed by atoms with Gasteiger partial charge < -0.3 is 19.9 Å². The van der Waals surface area contributed by atoms with Crippen LogP contribution in [0.3, 0.4) is 0 Å². The topological polar surface area (TPSA) is 105 Å². The van der Waals surface area contributed by atoms with E-state index in [0.29, 0.717) is 30.1 Å². The van der Waals surface area contributed by atoms with E-state index < -0.39 is 24.1 Å². The van der Waals surface area contributed by atoms with Gasteiger partial charge in [-0.2, -0.15) is 5.10 Å². The summed E-state index contributed by atoms with van der Waals surface area (Å²) in [6.07, 6.45) is -3.47. The molecule has 0 saturated carbocycles. The highest BCUT2D eigenvalue weighted by Crippen LogP contribution is 2.32. The van der Waals surface area contributed by atoms with Crippen molar-refractivity contribution in [3.05, 3.63) is 41.7 Å². The lowest BCUT2D eigenvalue weighted by atomic mass is 10.1. The van der Waals surface area contributed by atoms with Crippen molar-refractivity contribution in [3.63, 3.8) is 0 Å². The first kappa shape index (κ1) is 24.3. The zero-order valence-corrected chi connectivity index (χ0v) is 19.3. The maximum atomic E-state index is 13.1. The number of hydrogen-bond donors (Lipinski definition) is 2. The molecule has 1 aromatic carbocycles. The Hall–Kier alpha value is -3.87. The molecular formula is C22H24F3N7O3. The summed E-state index contributed by atoms with van der Waals surface area (Å²) >= 11 is 0. The molecule has 2 N–H and O–H groups in total. The van der Waals surface area contributed by atoms with Crippen molar-refractivity contribution < 1.29 is 27.5 Å². The summed E-state index contributed by atoms with van der Waals surface area (Å²) < 4.78 is 42.9. The predicted octanol–water partition coefficient (Wildman–Crippen LogP) is 2.89. The molecule has 3 amide bonds. The van der Waals surface area contributed by atoms with E-state index in [1.54, 1.807) is 11.7 Å². The third-order valence-corrected chi connectivity index (χ3v) is 5.62. The molecule has 10 nitrogen and oxygen atoms in total. The number of anilines is 2. The number of nitrogens with one attached hydrogen (secondary N) is 2. The number of halogens is 3. The first-order valence-electron chi connectivity index (χ1n) is 10.8. The number of imide groups is 1. The van der Waals surface area contributed by atoms with Gasteiger partial charge in [0.25, 0.3) is 5.91 Å². The third-order valence-electron chi connectivity index (χ3n) is 5.62. The van der Waals surface area contributed by atoms with Gasteiger partial charge in [0.15, 0.2) is 5.65 Å². The van der Waals surface area contributed by atoms with Crippen LogP contribution >= 0.6 is 0 Å². The van der Waals surface area contributed by atoms with Crippen LogP contribution in [0.2, 0.25) is 0 Å². The molecule has 1 fully saturated rings. The number of aryl methyl sites for hydroxylation is 2. The van der Waals surface area contributed by atoms with Crippen LogP contribution in [0.1, 0.15) is 16.1 Å². The molecule has 186 valence electrons. The highest BCUT2D eigenvalue weighted by Gasteiger charge is 2.31. The molecule has 0 radical (unpaired) electrons. The lowest BCUT2D eigenvalue weighted by Crippen LogP contribution is -2.45. The van der Waals surface area contributed by atoms with Gasteiger partial charge in [-0.05, 0) is 26.1 Å². The number of ether oxygens (including phenoxy) is 1. The number of fused-ring (bicyclic) bond motifs is 1. The summed E-state index contributed by atoms with van der Waals surface area (Å²) in [6.45, 7) is 4.75. The van der Waals surface area contributed by atoms with Gasteiger partial charge in [0.05, 0.1) is 22.3 Å². The fourth-order valence-corrected chi connectivity index (χ4v) is 4.02. The van der Waals surface area contributed by atoms with Crippen molar-refractivity contribution in [2.24, 2.45) is 7.05 Å². The number of alkyl halides is 3. The number of benzene rings is 1. The summed E-state index contributed by atoms with van der Waals surface area (Å²) in [5.74, 6) is -1.20. The van der Waals surface area contributed by atoms with Gasteiger partial charge in [-0.15, -0.1) is 13.2 Å². The summed E-state index contributed by atoms with van der Waals surface area (Å²) in [5, 5.41) is 9.74. The molecule has 0 unspecified atom stereocenters. The average Bonchev–Trinajstić information content (AvgIpc) is 3.06. The number of rotatable bonds is 4. The zero-order chi connectivity index (χ0) is 25.3. The van der Waals surface area contributed by atoms with Crippen LogP contribution in [0.4, 0.5) is 29.3 Å². The fraction of sp³-hybridized carbons (Fsp3) is 0.364. The Morgan fingerprint density at radius 3 is 2.51 bits per heavy atom. The first-order chi connectivity index (χ1) is 16.5. The number of pyridine rings is 1. The van der Waals surface area contributed by atoms with Gasteiger partial charge in [0, 0.05) is 51.2 Å². The van der Waals surface area contributed by atoms with E-state index in [2.05, 4.69) is 35.3 Å². The van der Waals surface area contributed by atoms with Gasteiger partial charge in [0.1, 0.15) is 5.75 Å². The normalized spacial score (nSPS) is 14.7. The second-order valence-electron chi connectivity index (χ2n) is 8.20. The Bertz CT molecular complexity index is 1270. The van der Waals surface area contributed by atoms with E-state index in [4.69, 9.17) is 0 Å². The van der Waals surface area contributed by atoms with E-state index in [9.17, 15) is 22.8 Å². The maximum Gasteiger partial charge on any atom is 0.573 e. The molecule has 0 aliphatic carbocycles. The van der Waals surface area contributed by atoms with Crippen molar-refractivity contribution in [2.45, 2.75) is 13.3 Å². The molecule has 1 saturated heterocycles. The van der Waals surface area contributed by atoms with Crippen LogP contribution < -0.4 is 20.3 Å². The van der Waals surface area contributed by atoms with Crippen LogP contribution in [-0.2, 0) is 7.05 Å². The highest BCUT2D eigenvalue weighted by atomic mass is 19.4. The van der Waals surface area contributed by atoms with E-state index >= 15 is 0 Å². The Labute approximate surface area is 198 Å². The van der Waals surface area contributed by atoms with Crippen molar-refractivity contribution in [3.8, 4) is 5.75 Å². The van der Waals surface area contributed by atoms with Gasteiger partial charge in [0.2, 0.25) is 0 Å². The third kappa shape index (κ3) is 5.45. The predicted molar refractivity (Wildman–Crippen MR) is 123 cm³/mol. The van der Waals surface area contributed by atoms with Crippen molar-refractivity contribution in [1.82, 2.24) is 25.0 Å². The zero-order valence-electron chi connectivity index (χ0n) is 19.3. The van der Waals surface area contributed by atoms with Crippen LogP contribution in [-0.4, -0.2) is 71.2 Å². The maximum absolute atomic E-state index is 13.1. The van der Waals surface area contributed by atoms with E-state index in [1.807, 2.05) is 14.0 Å². The Morgan fingerprint density at radius 1 is 1.11 bits per heavy atom. The number of carbonyl (C=O) groups is 2. The van der Waals surface area contributed by atoms with E-state index in [-0.39, 0.29) is 11.3 Å². The highest BCUT2D eigenvalue weighted by molar-refractivity contribution is 6.13. The van der Waals surface area contributed by atoms with Crippen molar-refractivity contribution >= 4 is 34.3 Å². The number of urea groups is 1. The molecule has 3 aromatic rings. The lowest BCUT2D eigenvalue weighted by molar-refractivity contribution is -0.274. The molecular weight excluding hydrogens is 467 g/mol. The minimum absolute atomic E-state index is 0.0213. The lowest BCUT2D eigenvalue weighted by Gasteiger charge is -2.35. The summed E-state index contributed by atoms with van der Waals surface area (Å²) in [5.41, 5.74) is 2.17. The fourth-order valence-electron chi connectivity index (χ4n) is 4.02. The Balaban J connectivity index is 1.58. The standard InChI is InChI=1S/C22H24F3N7O3/c1-13-17-18(32-9-7-30(2)8-10-32)16(12-26-19(17)31(3)29-13)20(33)28-21(34)27-14-5-4-6-15(11-14)35-22(23,24)25/h4-6,11-12H,7-10H2,1-3H3,(H2,27,28,33,34). The number of aromatic nitrogens is 3. The molecule has 3 heterocycles. The molecule has 13 heteroatoms. The molecule has 2 aromatic heterocycles. The SMILES string of the molecule is Cc1nn(C)c2ncc(C(=O)NC(=O)Nc3cccc(OC(F)(F)F)c3)c(N3CCN(C)CC3)c12. The summed E-state index contributed by atoms with van der Waals surface area (Å²) in [4.78, 5) is 34.3. The number of carbonyl (C=O) groups excluding carboxylic acids is 2. The minimum Gasteiger partial charge on any atom is -0.406 e. The Kier molecular flexibility index (Phi) is 6.52. The molecule has 35 heavy (non-hydrogen) atoms. The molecule has 4 rings (SSSR count). The number of hydrogen-bond acceptors (Lipinski definition) is 7. The van der Waals surface area contributed by atoms with Gasteiger partial charge >= 0.3 is 12.4 Å². The molecule has 0 atom stereocenters. The van der Waals surface area contributed by atoms with Gasteiger partial charge in [-0.1, -0.05) is 6.07 Å². The molecule has 0 bridgehead atoms. The average molecular weight is 491 g/mol. The number of likely N-dealkylation sites (N-methyl/N-ethyl adjacent to an activating group) is 1. The molecule has 0 spiro atoms. The van der Waals surface area contributed by atoms with Gasteiger partial charge in [-0.25, -0.2) is 9.78 Å².